The summed E-state index contributed by atoms with van der Waals surface area (Å²) in [5.41, 5.74) is 3.51. The van der Waals surface area contributed by atoms with Crippen LogP contribution in [0.4, 0.5) is 5.69 Å². The molecule has 1 aromatic rings. The third-order valence-corrected chi connectivity index (χ3v) is 7.32. The maximum Gasteiger partial charge on any atom is 0.243 e. The van der Waals surface area contributed by atoms with Gasteiger partial charge < -0.3 is 26.4 Å². The van der Waals surface area contributed by atoms with Crippen molar-refractivity contribution in [2.75, 3.05) is 38.0 Å². The second kappa shape index (κ2) is 10.3. The molecule has 3 aliphatic rings. The van der Waals surface area contributed by atoms with Crippen molar-refractivity contribution in [3.05, 3.63) is 29.3 Å². The number of fused-ring (bicyclic) bond motifs is 1. The van der Waals surface area contributed by atoms with E-state index in [1.165, 1.54) is 24.0 Å². The smallest absolute Gasteiger partial charge is 0.243 e. The molecule has 5 atom stereocenters. The number of hydrogen-bond acceptors (Lipinski definition) is 6. The van der Waals surface area contributed by atoms with E-state index < -0.39 is 6.23 Å². The zero-order chi connectivity index (χ0) is 21.8. The minimum Gasteiger partial charge on any atom is -0.378 e. The molecule has 0 aromatic heterocycles. The van der Waals surface area contributed by atoms with Crippen molar-refractivity contribution in [3.8, 4) is 0 Å². The van der Waals surface area contributed by atoms with Gasteiger partial charge in [0.05, 0.1) is 0 Å². The van der Waals surface area contributed by atoms with Crippen LogP contribution >= 0.6 is 0 Å². The van der Waals surface area contributed by atoms with Crippen molar-refractivity contribution in [2.24, 2.45) is 5.92 Å². The molecule has 4 rings (SSSR count). The van der Waals surface area contributed by atoms with Gasteiger partial charge in [-0.3, -0.25) is 9.69 Å². The van der Waals surface area contributed by atoms with Gasteiger partial charge in [-0.25, -0.2) is 0 Å². The lowest BCUT2D eigenvalue weighted by Gasteiger charge is -2.38. The number of rotatable bonds is 7. The number of hydrogen-bond donors (Lipinski definition) is 5. The number of nitrogens with zero attached hydrogens (tertiary/aromatic N) is 1. The fraction of sp³-hybridized carbons (Fsp3) is 0.708. The van der Waals surface area contributed by atoms with Crippen LogP contribution in [-0.4, -0.2) is 73.0 Å². The highest BCUT2D eigenvalue weighted by Gasteiger charge is 2.34. The molecule has 0 aliphatic carbocycles. The second-order valence-electron chi connectivity index (χ2n) is 9.57. The Morgan fingerprint density at radius 3 is 2.81 bits per heavy atom. The summed E-state index contributed by atoms with van der Waals surface area (Å²) >= 11 is 0. The monoisotopic (exact) mass is 429 g/mol. The summed E-state index contributed by atoms with van der Waals surface area (Å²) in [7, 11) is 0. The Balaban J connectivity index is 1.39. The first-order chi connectivity index (χ1) is 15.0. The first-order valence-electron chi connectivity index (χ1n) is 12.0. The minimum atomic E-state index is -0.447. The molecule has 3 heterocycles. The van der Waals surface area contributed by atoms with Gasteiger partial charge in [-0.1, -0.05) is 25.1 Å². The highest BCUT2D eigenvalue weighted by atomic mass is 16.3. The molecule has 31 heavy (non-hydrogen) atoms. The van der Waals surface area contributed by atoms with Crippen LogP contribution in [0.1, 0.15) is 43.7 Å². The molecule has 0 radical (unpaired) electrons. The van der Waals surface area contributed by atoms with E-state index in [-0.39, 0.29) is 24.0 Å². The van der Waals surface area contributed by atoms with Crippen LogP contribution in [0.15, 0.2) is 18.2 Å². The standard InChI is InChI=1S/C24H39N5O2/c1-16-5-3-7-18-15-20(27-22(16)18)24(31)28-19(23-17(2)6-4-10-26-23)8-9-21(30)29-13-11-25-12-14-29/h3,5,7,17,19-21,23,25-27,30H,4,6,8-15H2,1-2H3,(H,28,31). The number of aliphatic hydroxyl groups is 1. The average molecular weight is 430 g/mol. The van der Waals surface area contributed by atoms with E-state index in [9.17, 15) is 9.90 Å². The van der Waals surface area contributed by atoms with Crippen LogP contribution in [0.25, 0.3) is 0 Å². The summed E-state index contributed by atoms with van der Waals surface area (Å²) in [5.74, 6) is 0.572. The van der Waals surface area contributed by atoms with E-state index in [1.807, 2.05) is 0 Å². The first kappa shape index (κ1) is 22.5. The van der Waals surface area contributed by atoms with Crippen LogP contribution in [0, 0.1) is 12.8 Å². The molecule has 0 spiro atoms. The molecule has 5 N–H and O–H groups in total. The Labute approximate surface area is 186 Å². The highest BCUT2D eigenvalue weighted by Crippen LogP contribution is 2.29. The Morgan fingerprint density at radius 1 is 1.26 bits per heavy atom. The van der Waals surface area contributed by atoms with Crippen LogP contribution in [-0.2, 0) is 11.2 Å². The Kier molecular flexibility index (Phi) is 7.48. The molecule has 0 saturated carbocycles. The number of para-hydroxylation sites is 1. The fourth-order valence-corrected chi connectivity index (χ4v) is 5.44. The Bertz CT molecular complexity index is 751. The van der Waals surface area contributed by atoms with E-state index >= 15 is 0 Å². The normalized spacial score (nSPS) is 28.4. The molecule has 1 amide bonds. The van der Waals surface area contributed by atoms with Crippen LogP contribution in [0.5, 0.6) is 0 Å². The van der Waals surface area contributed by atoms with Gasteiger partial charge in [-0.05, 0) is 56.2 Å². The predicted octanol–water partition coefficient (Wildman–Crippen LogP) is 1.21. The molecule has 3 aliphatic heterocycles. The van der Waals surface area contributed by atoms with Crippen LogP contribution in [0.3, 0.4) is 0 Å². The molecule has 2 fully saturated rings. The number of carbonyl (C=O) groups is 1. The fourth-order valence-electron chi connectivity index (χ4n) is 5.44. The van der Waals surface area contributed by atoms with Crippen LogP contribution < -0.4 is 21.3 Å². The number of piperidine rings is 1. The van der Waals surface area contributed by atoms with E-state index in [1.54, 1.807) is 0 Å². The maximum atomic E-state index is 13.2. The van der Waals surface area contributed by atoms with Crippen molar-refractivity contribution in [1.82, 2.24) is 20.9 Å². The van der Waals surface area contributed by atoms with Gasteiger partial charge in [0.1, 0.15) is 12.3 Å². The van der Waals surface area contributed by atoms with Gasteiger partial charge >= 0.3 is 0 Å². The minimum absolute atomic E-state index is 0.0203. The zero-order valence-electron chi connectivity index (χ0n) is 19.0. The van der Waals surface area contributed by atoms with E-state index in [4.69, 9.17) is 0 Å². The first-order valence-corrected chi connectivity index (χ1v) is 12.0. The summed E-state index contributed by atoms with van der Waals surface area (Å²) in [6.45, 7) is 8.95. The number of nitrogens with one attached hydrogen (secondary N) is 4. The molecule has 5 unspecified atom stereocenters. The molecular weight excluding hydrogens is 390 g/mol. The molecule has 7 heteroatoms. The van der Waals surface area contributed by atoms with Crippen molar-refractivity contribution in [3.63, 3.8) is 0 Å². The highest BCUT2D eigenvalue weighted by molar-refractivity contribution is 5.88. The van der Waals surface area contributed by atoms with E-state index in [0.717, 1.165) is 51.3 Å². The lowest BCUT2D eigenvalue weighted by molar-refractivity contribution is -0.123. The quantitative estimate of drug-likeness (QED) is 0.448. The van der Waals surface area contributed by atoms with Gasteiger partial charge in [-0.2, -0.15) is 0 Å². The second-order valence-corrected chi connectivity index (χ2v) is 9.57. The van der Waals surface area contributed by atoms with E-state index in [0.29, 0.717) is 12.3 Å². The number of aryl methyl sites for hydroxylation is 1. The molecule has 2 saturated heterocycles. The van der Waals surface area contributed by atoms with Crippen molar-refractivity contribution >= 4 is 11.6 Å². The third kappa shape index (κ3) is 5.40. The summed E-state index contributed by atoms with van der Waals surface area (Å²) < 4.78 is 0. The van der Waals surface area contributed by atoms with Crippen molar-refractivity contribution < 1.29 is 9.90 Å². The third-order valence-electron chi connectivity index (χ3n) is 7.32. The van der Waals surface area contributed by atoms with Crippen molar-refractivity contribution in [1.29, 1.82) is 0 Å². The maximum absolute atomic E-state index is 13.2. The average Bonchev–Trinajstić information content (AvgIpc) is 3.23. The number of benzene rings is 1. The van der Waals surface area contributed by atoms with Crippen molar-refractivity contribution in [2.45, 2.75) is 70.3 Å². The molecule has 172 valence electrons. The number of amides is 1. The lowest BCUT2D eigenvalue weighted by atomic mass is 9.85. The summed E-state index contributed by atoms with van der Waals surface area (Å²) in [6.07, 6.45) is 4.09. The van der Waals surface area contributed by atoms with Gasteiger partial charge in [0.25, 0.3) is 0 Å². The molecule has 7 nitrogen and oxygen atoms in total. The Hall–Kier alpha value is -1.67. The summed E-state index contributed by atoms with van der Waals surface area (Å²) in [4.78, 5) is 15.4. The Morgan fingerprint density at radius 2 is 2.06 bits per heavy atom. The van der Waals surface area contributed by atoms with Gasteiger partial charge in [-0.15, -0.1) is 0 Å². The lowest BCUT2D eigenvalue weighted by Crippen LogP contribution is -2.57. The topological polar surface area (TPSA) is 88.7 Å². The van der Waals surface area contributed by atoms with Gasteiger partial charge in [0, 0.05) is 50.4 Å². The molecule has 1 aromatic carbocycles. The number of anilines is 1. The van der Waals surface area contributed by atoms with Crippen LogP contribution in [0.2, 0.25) is 0 Å². The number of carbonyl (C=O) groups excluding carboxylic acids is 1. The number of aliphatic hydroxyl groups excluding tert-OH is 1. The largest absolute Gasteiger partial charge is 0.378 e. The predicted molar refractivity (Wildman–Crippen MR) is 124 cm³/mol. The van der Waals surface area contributed by atoms with Gasteiger partial charge in [0.2, 0.25) is 5.91 Å². The molecular formula is C24H39N5O2. The van der Waals surface area contributed by atoms with E-state index in [2.05, 4.69) is 58.2 Å². The number of piperazine rings is 1. The summed E-state index contributed by atoms with van der Waals surface area (Å²) in [6, 6.07) is 6.29. The zero-order valence-corrected chi connectivity index (χ0v) is 19.0. The SMILES string of the molecule is Cc1cccc2c1NC(C(=O)NC(CCC(O)N1CCNCC1)C1NCCCC1C)C2. The molecule has 0 bridgehead atoms. The summed E-state index contributed by atoms with van der Waals surface area (Å²) in [5, 5.41) is 24.5. The van der Waals surface area contributed by atoms with Gasteiger partial charge in [0.15, 0.2) is 0 Å².